The maximum atomic E-state index is 5.68. The van der Waals surface area contributed by atoms with Crippen LogP contribution in [0.5, 0.6) is 0 Å². The zero-order valence-electron chi connectivity index (χ0n) is 17.9. The molecule has 0 unspecified atom stereocenters. The molecule has 0 bridgehead atoms. The third-order valence-electron chi connectivity index (χ3n) is 5.11. The molecule has 0 aromatic carbocycles. The lowest BCUT2D eigenvalue weighted by molar-refractivity contribution is 0.272. The van der Waals surface area contributed by atoms with Crippen molar-refractivity contribution in [3.05, 3.63) is 12.2 Å². The van der Waals surface area contributed by atoms with Gasteiger partial charge in [0.1, 0.15) is 0 Å². The van der Waals surface area contributed by atoms with E-state index >= 15 is 0 Å². The van der Waals surface area contributed by atoms with E-state index in [0.29, 0.717) is 0 Å². The van der Waals surface area contributed by atoms with Crippen LogP contribution in [-0.4, -0.2) is 37.6 Å². The van der Waals surface area contributed by atoms with Gasteiger partial charge >= 0.3 is 0 Å². The van der Waals surface area contributed by atoms with Crippen LogP contribution in [0.15, 0.2) is 12.2 Å². The zero-order valence-corrected chi connectivity index (χ0v) is 17.9. The molecular formula is C23H49N3. The number of hydrogen-bond donors (Lipinski definition) is 2. The third-order valence-corrected chi connectivity index (χ3v) is 5.11. The first-order valence-electron chi connectivity index (χ1n) is 11.6. The van der Waals surface area contributed by atoms with Gasteiger partial charge in [0.25, 0.3) is 0 Å². The normalized spacial score (nSPS) is 11.8. The van der Waals surface area contributed by atoms with E-state index in [0.717, 1.165) is 32.6 Å². The molecule has 0 saturated carbocycles. The highest BCUT2D eigenvalue weighted by atomic mass is 15.1. The highest BCUT2D eigenvalue weighted by Crippen LogP contribution is 2.10. The van der Waals surface area contributed by atoms with Crippen molar-refractivity contribution in [1.82, 2.24) is 4.90 Å². The lowest BCUT2D eigenvalue weighted by Crippen LogP contribution is -2.32. The number of nitrogens with two attached hydrogens (primary N) is 2. The van der Waals surface area contributed by atoms with E-state index in [-0.39, 0.29) is 0 Å². The van der Waals surface area contributed by atoms with Gasteiger partial charge in [-0.15, -0.1) is 0 Å². The van der Waals surface area contributed by atoms with E-state index in [9.17, 15) is 0 Å². The summed E-state index contributed by atoms with van der Waals surface area (Å²) < 4.78 is 0. The molecule has 0 aliphatic carbocycles. The van der Waals surface area contributed by atoms with Gasteiger partial charge in [-0.05, 0) is 58.2 Å². The monoisotopic (exact) mass is 367 g/mol. The first kappa shape index (κ1) is 25.6. The molecule has 0 spiro atoms. The highest BCUT2D eigenvalue weighted by molar-refractivity contribution is 4.81. The van der Waals surface area contributed by atoms with Crippen LogP contribution >= 0.6 is 0 Å². The standard InChI is InChI=1S/C23H49N3/c1-2-3-4-5-6-7-8-9-10-11-12-13-14-15-16-17-21-26(23-20-25)22-18-19-24/h9-10H,2-8,11-25H2,1H3/b10-9-. The van der Waals surface area contributed by atoms with Crippen molar-refractivity contribution >= 4 is 0 Å². The second-order valence-electron chi connectivity index (χ2n) is 7.71. The Morgan fingerprint density at radius 2 is 1.04 bits per heavy atom. The number of nitrogens with zero attached hydrogens (tertiary/aromatic N) is 1. The lowest BCUT2D eigenvalue weighted by Gasteiger charge is -2.21. The second kappa shape index (κ2) is 22.7. The van der Waals surface area contributed by atoms with E-state index in [1.165, 1.54) is 96.4 Å². The Bertz CT molecular complexity index is 279. The van der Waals surface area contributed by atoms with Gasteiger partial charge in [0.15, 0.2) is 0 Å². The van der Waals surface area contributed by atoms with Crippen molar-refractivity contribution < 1.29 is 0 Å². The quantitative estimate of drug-likeness (QED) is 0.204. The number of unbranched alkanes of at least 4 members (excludes halogenated alkanes) is 12. The Morgan fingerprint density at radius 3 is 1.58 bits per heavy atom. The minimum absolute atomic E-state index is 0.761. The summed E-state index contributed by atoms with van der Waals surface area (Å²) in [5.74, 6) is 0. The number of allylic oxidation sites excluding steroid dienone is 2. The van der Waals surface area contributed by atoms with Crippen molar-refractivity contribution in [3.63, 3.8) is 0 Å². The van der Waals surface area contributed by atoms with Gasteiger partial charge in [-0.3, -0.25) is 0 Å². The largest absolute Gasteiger partial charge is 0.330 e. The summed E-state index contributed by atoms with van der Waals surface area (Å²) in [5, 5.41) is 0. The Hall–Kier alpha value is -0.380. The molecule has 0 aromatic heterocycles. The maximum Gasteiger partial charge on any atom is 0.0105 e. The fraction of sp³-hybridized carbons (Fsp3) is 0.913. The Labute approximate surface area is 165 Å². The lowest BCUT2D eigenvalue weighted by atomic mass is 10.1. The summed E-state index contributed by atoms with van der Waals surface area (Å²) in [6.07, 6.45) is 25.1. The van der Waals surface area contributed by atoms with Crippen molar-refractivity contribution in [3.8, 4) is 0 Å². The molecule has 0 fully saturated rings. The number of hydrogen-bond acceptors (Lipinski definition) is 3. The van der Waals surface area contributed by atoms with Crippen LogP contribution in [0.4, 0.5) is 0 Å². The minimum atomic E-state index is 0.761. The predicted molar refractivity (Wildman–Crippen MR) is 119 cm³/mol. The fourth-order valence-electron chi connectivity index (χ4n) is 3.42. The molecule has 4 N–H and O–H groups in total. The minimum Gasteiger partial charge on any atom is -0.330 e. The molecule has 26 heavy (non-hydrogen) atoms. The molecule has 3 heteroatoms. The molecule has 156 valence electrons. The van der Waals surface area contributed by atoms with Gasteiger partial charge in [-0.25, -0.2) is 0 Å². The van der Waals surface area contributed by atoms with Gasteiger partial charge in [0, 0.05) is 13.1 Å². The van der Waals surface area contributed by atoms with Crippen LogP contribution in [0.1, 0.15) is 103 Å². The van der Waals surface area contributed by atoms with E-state index in [2.05, 4.69) is 24.0 Å². The molecule has 0 aliphatic rings. The summed E-state index contributed by atoms with van der Waals surface area (Å²) in [7, 11) is 0. The van der Waals surface area contributed by atoms with Crippen LogP contribution in [0.3, 0.4) is 0 Å². The summed E-state index contributed by atoms with van der Waals surface area (Å²) in [6.45, 7) is 7.15. The molecule has 0 amide bonds. The van der Waals surface area contributed by atoms with E-state index in [4.69, 9.17) is 11.5 Å². The van der Waals surface area contributed by atoms with Gasteiger partial charge in [0.05, 0.1) is 0 Å². The SMILES string of the molecule is CCCCCCCC/C=C\CCCCCCCCN(CCN)CCCN. The molecule has 0 heterocycles. The molecule has 0 saturated heterocycles. The third kappa shape index (κ3) is 19.9. The average molecular weight is 368 g/mol. The van der Waals surface area contributed by atoms with Gasteiger partial charge < -0.3 is 16.4 Å². The van der Waals surface area contributed by atoms with Crippen molar-refractivity contribution in [2.24, 2.45) is 11.5 Å². The Morgan fingerprint density at radius 1 is 0.538 bits per heavy atom. The van der Waals surface area contributed by atoms with Crippen molar-refractivity contribution in [1.29, 1.82) is 0 Å². The van der Waals surface area contributed by atoms with Gasteiger partial charge in [-0.2, -0.15) is 0 Å². The van der Waals surface area contributed by atoms with Crippen LogP contribution in [0, 0.1) is 0 Å². The number of rotatable bonds is 21. The molecule has 0 atom stereocenters. The van der Waals surface area contributed by atoms with E-state index < -0.39 is 0 Å². The topological polar surface area (TPSA) is 55.3 Å². The summed E-state index contributed by atoms with van der Waals surface area (Å²) in [6, 6.07) is 0. The van der Waals surface area contributed by atoms with Crippen LogP contribution in [0.25, 0.3) is 0 Å². The summed E-state index contributed by atoms with van der Waals surface area (Å²) >= 11 is 0. The van der Waals surface area contributed by atoms with E-state index in [1.54, 1.807) is 0 Å². The van der Waals surface area contributed by atoms with Crippen LogP contribution < -0.4 is 11.5 Å². The molecule has 0 rings (SSSR count). The second-order valence-corrected chi connectivity index (χ2v) is 7.71. The molecule has 0 aromatic rings. The first-order chi connectivity index (χ1) is 12.8. The zero-order chi connectivity index (χ0) is 19.1. The summed E-state index contributed by atoms with van der Waals surface area (Å²) in [4.78, 5) is 2.47. The van der Waals surface area contributed by atoms with Crippen molar-refractivity contribution in [2.75, 3.05) is 32.7 Å². The van der Waals surface area contributed by atoms with Gasteiger partial charge in [0.2, 0.25) is 0 Å². The van der Waals surface area contributed by atoms with Crippen LogP contribution in [-0.2, 0) is 0 Å². The molecule has 3 nitrogen and oxygen atoms in total. The molecule has 0 radical (unpaired) electrons. The highest BCUT2D eigenvalue weighted by Gasteiger charge is 2.02. The van der Waals surface area contributed by atoms with E-state index in [1.807, 2.05) is 0 Å². The fourth-order valence-corrected chi connectivity index (χ4v) is 3.42. The molecular weight excluding hydrogens is 318 g/mol. The Kier molecular flexibility index (Phi) is 22.3. The smallest absolute Gasteiger partial charge is 0.0105 e. The average Bonchev–Trinajstić information content (AvgIpc) is 2.65. The van der Waals surface area contributed by atoms with Gasteiger partial charge in [-0.1, -0.05) is 76.9 Å². The molecule has 0 aliphatic heterocycles. The van der Waals surface area contributed by atoms with Crippen LogP contribution in [0.2, 0.25) is 0 Å². The predicted octanol–water partition coefficient (Wildman–Crippen LogP) is 5.63. The summed E-state index contributed by atoms with van der Waals surface area (Å²) in [5.41, 5.74) is 11.3. The Balaban J connectivity index is 3.28. The first-order valence-corrected chi connectivity index (χ1v) is 11.6. The van der Waals surface area contributed by atoms with Crippen molar-refractivity contribution in [2.45, 2.75) is 103 Å². The maximum absolute atomic E-state index is 5.68.